The van der Waals surface area contributed by atoms with Crippen molar-refractivity contribution in [1.82, 2.24) is 5.32 Å². The molecule has 4 heteroatoms. The van der Waals surface area contributed by atoms with E-state index in [9.17, 15) is 0 Å². The molecule has 1 saturated heterocycles. The predicted octanol–water partition coefficient (Wildman–Crippen LogP) is 2.67. The summed E-state index contributed by atoms with van der Waals surface area (Å²) in [6.45, 7) is 2.67. The second kappa shape index (κ2) is 5.12. The Hall–Kier alpha value is -0.0900. The van der Waals surface area contributed by atoms with E-state index >= 15 is 0 Å². The first-order chi connectivity index (χ1) is 6.84. The molecule has 1 unspecified atom stereocenters. The number of thiophene rings is 1. The van der Waals surface area contributed by atoms with Crippen LogP contribution in [0.4, 0.5) is 0 Å². The fraction of sp³-hybridized carbons (Fsp3) is 0.600. The summed E-state index contributed by atoms with van der Waals surface area (Å²) in [5.41, 5.74) is 0. The Morgan fingerprint density at radius 1 is 1.57 bits per heavy atom. The summed E-state index contributed by atoms with van der Waals surface area (Å²) in [4.78, 5) is 1.29. The average Bonchev–Trinajstić information content (AvgIpc) is 2.63. The van der Waals surface area contributed by atoms with Crippen molar-refractivity contribution in [3.05, 3.63) is 21.3 Å². The Kier molecular flexibility index (Phi) is 3.81. The van der Waals surface area contributed by atoms with E-state index in [2.05, 4.69) is 11.4 Å². The van der Waals surface area contributed by atoms with Gasteiger partial charge in [-0.2, -0.15) is 0 Å². The van der Waals surface area contributed by atoms with Crippen LogP contribution in [0.3, 0.4) is 0 Å². The third kappa shape index (κ3) is 2.95. The summed E-state index contributed by atoms with van der Waals surface area (Å²) < 4.78 is 6.25. The van der Waals surface area contributed by atoms with E-state index in [-0.39, 0.29) is 0 Å². The first-order valence-corrected chi connectivity index (χ1v) is 6.09. The third-order valence-corrected chi connectivity index (χ3v) is 3.59. The topological polar surface area (TPSA) is 21.3 Å². The van der Waals surface area contributed by atoms with E-state index in [1.54, 1.807) is 11.3 Å². The molecule has 2 heterocycles. The number of rotatable bonds is 3. The zero-order chi connectivity index (χ0) is 9.80. The van der Waals surface area contributed by atoms with Crippen LogP contribution in [0.25, 0.3) is 0 Å². The molecule has 0 radical (unpaired) electrons. The minimum absolute atomic E-state index is 0.518. The summed E-state index contributed by atoms with van der Waals surface area (Å²) in [5, 5.41) is 3.48. The van der Waals surface area contributed by atoms with Gasteiger partial charge in [0.25, 0.3) is 0 Å². The average molecular weight is 232 g/mol. The Bertz CT molecular complexity index is 283. The maximum absolute atomic E-state index is 5.85. The van der Waals surface area contributed by atoms with Gasteiger partial charge >= 0.3 is 0 Å². The van der Waals surface area contributed by atoms with Gasteiger partial charge in [-0.3, -0.25) is 0 Å². The van der Waals surface area contributed by atoms with Crippen LogP contribution in [0, 0.1) is 0 Å². The van der Waals surface area contributed by atoms with E-state index in [1.165, 1.54) is 17.7 Å². The van der Waals surface area contributed by atoms with Crippen molar-refractivity contribution in [3.63, 3.8) is 0 Å². The Morgan fingerprint density at radius 3 is 3.14 bits per heavy atom. The number of hydrogen-bond acceptors (Lipinski definition) is 3. The normalized spacial score (nSPS) is 22.5. The quantitative estimate of drug-likeness (QED) is 0.864. The molecule has 2 nitrogen and oxygen atoms in total. The van der Waals surface area contributed by atoms with Crippen LogP contribution < -0.4 is 5.32 Å². The summed E-state index contributed by atoms with van der Waals surface area (Å²) >= 11 is 7.49. The summed E-state index contributed by atoms with van der Waals surface area (Å²) in [6, 6.07) is 4.54. The minimum Gasteiger partial charge on any atom is -0.380 e. The van der Waals surface area contributed by atoms with Crippen LogP contribution in [-0.4, -0.2) is 19.3 Å². The van der Waals surface area contributed by atoms with Crippen molar-refractivity contribution in [2.75, 3.05) is 13.2 Å². The number of hydrogen-bond donors (Lipinski definition) is 1. The van der Waals surface area contributed by atoms with Crippen molar-refractivity contribution >= 4 is 22.9 Å². The Balaban J connectivity index is 1.76. The van der Waals surface area contributed by atoms with Gasteiger partial charge in [-0.25, -0.2) is 0 Å². The molecule has 0 saturated carbocycles. The molecule has 2 rings (SSSR count). The first kappa shape index (κ1) is 10.4. The van der Waals surface area contributed by atoms with Crippen molar-refractivity contribution in [2.45, 2.75) is 25.4 Å². The van der Waals surface area contributed by atoms with Gasteiger partial charge in [0.2, 0.25) is 0 Å². The van der Waals surface area contributed by atoms with Crippen LogP contribution in [0.5, 0.6) is 0 Å². The second-order valence-electron chi connectivity index (χ2n) is 3.50. The van der Waals surface area contributed by atoms with Gasteiger partial charge in [0.1, 0.15) is 0 Å². The lowest BCUT2D eigenvalue weighted by Crippen LogP contribution is -2.36. The Morgan fingerprint density at radius 2 is 2.50 bits per heavy atom. The van der Waals surface area contributed by atoms with E-state index in [1.807, 2.05) is 6.07 Å². The monoisotopic (exact) mass is 231 g/mol. The van der Waals surface area contributed by atoms with Gasteiger partial charge in [0.05, 0.1) is 10.9 Å². The fourth-order valence-corrected chi connectivity index (χ4v) is 2.63. The van der Waals surface area contributed by atoms with Crippen LogP contribution in [-0.2, 0) is 11.3 Å². The number of ether oxygens (including phenoxy) is 1. The zero-order valence-electron chi connectivity index (χ0n) is 7.96. The van der Waals surface area contributed by atoms with Gasteiger partial charge in [0, 0.05) is 24.1 Å². The van der Waals surface area contributed by atoms with E-state index in [4.69, 9.17) is 16.3 Å². The van der Waals surface area contributed by atoms with Crippen molar-refractivity contribution in [2.24, 2.45) is 0 Å². The highest BCUT2D eigenvalue weighted by atomic mass is 35.5. The van der Waals surface area contributed by atoms with Gasteiger partial charge in [-0.1, -0.05) is 11.6 Å². The maximum Gasteiger partial charge on any atom is 0.0931 e. The lowest BCUT2D eigenvalue weighted by Gasteiger charge is -2.22. The molecule has 14 heavy (non-hydrogen) atoms. The molecule has 1 fully saturated rings. The number of nitrogens with one attached hydrogen (secondary N) is 1. The Labute approximate surface area is 93.2 Å². The number of halogens is 1. The largest absolute Gasteiger partial charge is 0.380 e. The highest BCUT2D eigenvalue weighted by Crippen LogP contribution is 2.21. The molecule has 1 aromatic rings. The molecule has 78 valence electrons. The molecule has 0 aromatic carbocycles. The maximum atomic E-state index is 5.85. The van der Waals surface area contributed by atoms with Crippen LogP contribution in [0.1, 0.15) is 17.7 Å². The SMILES string of the molecule is Clc1ccc(CNC2CCCOC2)s1. The summed E-state index contributed by atoms with van der Waals surface area (Å²) in [5.74, 6) is 0. The molecule has 1 aliphatic rings. The molecule has 0 spiro atoms. The smallest absolute Gasteiger partial charge is 0.0931 e. The van der Waals surface area contributed by atoms with Gasteiger partial charge in [-0.05, 0) is 25.0 Å². The summed E-state index contributed by atoms with van der Waals surface area (Å²) in [6.07, 6.45) is 2.39. The second-order valence-corrected chi connectivity index (χ2v) is 5.30. The molecule has 1 aromatic heterocycles. The predicted molar refractivity (Wildman–Crippen MR) is 60.0 cm³/mol. The van der Waals surface area contributed by atoms with Gasteiger partial charge in [0.15, 0.2) is 0 Å². The highest BCUT2D eigenvalue weighted by Gasteiger charge is 2.12. The molecular weight excluding hydrogens is 218 g/mol. The third-order valence-electron chi connectivity index (χ3n) is 2.35. The lowest BCUT2D eigenvalue weighted by molar-refractivity contribution is 0.0700. The van der Waals surface area contributed by atoms with Crippen molar-refractivity contribution < 1.29 is 4.74 Å². The molecule has 0 aliphatic carbocycles. The van der Waals surface area contributed by atoms with Crippen molar-refractivity contribution in [3.8, 4) is 0 Å². The fourth-order valence-electron chi connectivity index (χ4n) is 1.59. The molecule has 0 bridgehead atoms. The lowest BCUT2D eigenvalue weighted by atomic mass is 10.1. The van der Waals surface area contributed by atoms with Crippen LogP contribution in [0.15, 0.2) is 12.1 Å². The molecule has 1 atom stereocenters. The highest BCUT2D eigenvalue weighted by molar-refractivity contribution is 7.16. The van der Waals surface area contributed by atoms with Gasteiger partial charge < -0.3 is 10.1 Å². The van der Waals surface area contributed by atoms with Crippen molar-refractivity contribution in [1.29, 1.82) is 0 Å². The molecular formula is C10H14ClNOS. The van der Waals surface area contributed by atoms with E-state index < -0.39 is 0 Å². The summed E-state index contributed by atoms with van der Waals surface area (Å²) in [7, 11) is 0. The molecule has 1 N–H and O–H groups in total. The van der Waals surface area contributed by atoms with Gasteiger partial charge in [-0.15, -0.1) is 11.3 Å². The molecule has 1 aliphatic heterocycles. The minimum atomic E-state index is 0.518. The zero-order valence-corrected chi connectivity index (χ0v) is 9.53. The van der Waals surface area contributed by atoms with E-state index in [0.717, 1.165) is 24.1 Å². The van der Waals surface area contributed by atoms with Crippen LogP contribution >= 0.6 is 22.9 Å². The molecule has 0 amide bonds. The first-order valence-electron chi connectivity index (χ1n) is 4.90. The standard InChI is InChI=1S/C10H14ClNOS/c11-10-4-3-9(14-10)6-12-8-2-1-5-13-7-8/h3-4,8,12H,1-2,5-7H2. The van der Waals surface area contributed by atoms with Crippen LogP contribution in [0.2, 0.25) is 4.34 Å². The van der Waals surface area contributed by atoms with E-state index in [0.29, 0.717) is 6.04 Å².